The van der Waals surface area contributed by atoms with Gasteiger partial charge in [0, 0.05) is 19.3 Å². The molecule has 238 valence electrons. The summed E-state index contributed by atoms with van der Waals surface area (Å²) in [5, 5.41) is 0. The van der Waals surface area contributed by atoms with Gasteiger partial charge in [-0.25, -0.2) is 0 Å². The molecule has 0 aliphatic heterocycles. The van der Waals surface area contributed by atoms with Crippen molar-refractivity contribution in [3.05, 3.63) is 0 Å². The Labute approximate surface area is 249 Å². The highest BCUT2D eigenvalue weighted by Gasteiger charge is 2.18. The Balaban J connectivity index is 3.65. The third-order valence-corrected chi connectivity index (χ3v) is 7.90. The molecule has 0 unspecified atom stereocenters. The van der Waals surface area contributed by atoms with Gasteiger partial charge in [0.25, 0.3) is 0 Å². The van der Waals surface area contributed by atoms with Crippen LogP contribution in [-0.2, 0) is 19.1 Å². The summed E-state index contributed by atoms with van der Waals surface area (Å²) < 4.78 is 10.9. The maximum Gasteiger partial charge on any atom is 0.308 e. The molecule has 0 spiro atoms. The van der Waals surface area contributed by atoms with Crippen molar-refractivity contribution in [1.29, 1.82) is 0 Å². The number of nitrogens with two attached hydrogens (primary N) is 1. The second-order valence-electron chi connectivity index (χ2n) is 12.0. The Morgan fingerprint density at radius 2 is 0.700 bits per heavy atom. The molecular formula is C35H69NO4. The smallest absolute Gasteiger partial charge is 0.308 e. The average molecular weight is 568 g/mol. The normalized spacial score (nSPS) is 11.3. The minimum Gasteiger partial charge on any atom is -0.425 e. The summed E-state index contributed by atoms with van der Waals surface area (Å²) in [5.74, 6) is -0.564. The van der Waals surface area contributed by atoms with Crippen LogP contribution in [0.15, 0.2) is 0 Å². The maximum absolute atomic E-state index is 12.2. The largest absolute Gasteiger partial charge is 0.425 e. The summed E-state index contributed by atoms with van der Waals surface area (Å²) in [7, 11) is 0. The van der Waals surface area contributed by atoms with Gasteiger partial charge >= 0.3 is 11.9 Å². The molecule has 0 aromatic heterocycles. The summed E-state index contributed by atoms with van der Waals surface area (Å²) in [4.78, 5) is 24.5. The fraction of sp³-hybridized carbons (Fsp3) is 0.943. The SMILES string of the molecule is CCCCCCCCCCCCCCCC(=O)OC(CCN)OC(=O)CCCCCCCCCCCCCCC. The van der Waals surface area contributed by atoms with Crippen LogP contribution in [0, 0.1) is 0 Å². The standard InChI is InChI=1S/C35H69NO4/c1-3-5-7-9-11-13-15-17-19-21-23-25-27-29-33(37)39-35(31-32-36)40-34(38)30-28-26-24-22-20-18-16-14-12-10-8-6-4-2/h35H,3-32,36H2,1-2H3. The zero-order chi connectivity index (χ0) is 29.4. The molecule has 40 heavy (non-hydrogen) atoms. The van der Waals surface area contributed by atoms with Gasteiger partial charge in [-0.3, -0.25) is 9.59 Å². The van der Waals surface area contributed by atoms with Crippen LogP contribution in [0.1, 0.15) is 200 Å². The molecule has 0 aliphatic rings. The number of unbranched alkanes of at least 4 members (excludes halogenated alkanes) is 24. The fourth-order valence-corrected chi connectivity index (χ4v) is 5.26. The van der Waals surface area contributed by atoms with Gasteiger partial charge in [0.1, 0.15) is 0 Å². The molecule has 0 amide bonds. The van der Waals surface area contributed by atoms with E-state index in [1.165, 1.54) is 141 Å². The zero-order valence-corrected chi connectivity index (χ0v) is 27.0. The predicted molar refractivity (Wildman–Crippen MR) is 170 cm³/mol. The molecule has 0 saturated heterocycles. The van der Waals surface area contributed by atoms with Crippen LogP contribution in [0.4, 0.5) is 0 Å². The van der Waals surface area contributed by atoms with Gasteiger partial charge in [0.2, 0.25) is 6.29 Å². The molecule has 0 radical (unpaired) electrons. The van der Waals surface area contributed by atoms with Gasteiger partial charge in [-0.05, 0) is 19.4 Å². The van der Waals surface area contributed by atoms with Crippen LogP contribution in [0.2, 0.25) is 0 Å². The lowest BCUT2D eigenvalue weighted by Crippen LogP contribution is -2.27. The van der Waals surface area contributed by atoms with Gasteiger partial charge in [-0.15, -0.1) is 0 Å². The highest BCUT2D eigenvalue weighted by molar-refractivity contribution is 5.71. The Morgan fingerprint density at radius 1 is 0.450 bits per heavy atom. The number of rotatable bonds is 32. The first kappa shape index (κ1) is 38.9. The van der Waals surface area contributed by atoms with Crippen LogP contribution in [0.3, 0.4) is 0 Å². The van der Waals surface area contributed by atoms with Crippen molar-refractivity contribution in [2.24, 2.45) is 5.73 Å². The highest BCUT2D eigenvalue weighted by atomic mass is 16.7. The molecule has 0 rings (SSSR count). The molecule has 0 aromatic rings. The highest BCUT2D eigenvalue weighted by Crippen LogP contribution is 2.15. The average Bonchev–Trinajstić information content (AvgIpc) is 2.94. The fourth-order valence-electron chi connectivity index (χ4n) is 5.26. The summed E-state index contributed by atoms with van der Waals surface area (Å²) in [6.45, 7) is 4.85. The Bertz CT molecular complexity index is 495. The lowest BCUT2D eigenvalue weighted by molar-refractivity contribution is -0.188. The van der Waals surface area contributed by atoms with E-state index < -0.39 is 6.29 Å². The molecular weight excluding hydrogens is 498 g/mol. The zero-order valence-electron chi connectivity index (χ0n) is 27.0. The number of ether oxygens (including phenoxy) is 2. The molecule has 0 heterocycles. The third-order valence-electron chi connectivity index (χ3n) is 7.90. The number of hydrogen-bond donors (Lipinski definition) is 1. The van der Waals surface area contributed by atoms with E-state index >= 15 is 0 Å². The molecule has 5 heteroatoms. The van der Waals surface area contributed by atoms with E-state index in [0.717, 1.165) is 25.7 Å². The molecule has 5 nitrogen and oxygen atoms in total. The molecule has 0 aromatic carbocycles. The molecule has 0 fully saturated rings. The number of carbonyl (C=O) groups is 2. The van der Waals surface area contributed by atoms with Crippen LogP contribution in [-0.4, -0.2) is 24.8 Å². The van der Waals surface area contributed by atoms with E-state index in [4.69, 9.17) is 15.2 Å². The van der Waals surface area contributed by atoms with Gasteiger partial charge in [0.15, 0.2) is 0 Å². The lowest BCUT2D eigenvalue weighted by atomic mass is 10.0. The monoisotopic (exact) mass is 568 g/mol. The minimum absolute atomic E-state index is 0.282. The quantitative estimate of drug-likeness (QED) is 0.0497. The van der Waals surface area contributed by atoms with Gasteiger partial charge in [-0.2, -0.15) is 0 Å². The van der Waals surface area contributed by atoms with Crippen molar-refractivity contribution in [2.75, 3.05) is 6.54 Å². The third kappa shape index (κ3) is 29.9. The number of esters is 2. The summed E-state index contributed by atoms with van der Waals surface area (Å²) in [5.41, 5.74) is 5.65. The van der Waals surface area contributed by atoms with Crippen molar-refractivity contribution in [2.45, 2.75) is 206 Å². The van der Waals surface area contributed by atoms with Gasteiger partial charge in [-0.1, -0.05) is 168 Å². The molecule has 2 N–H and O–H groups in total. The first-order valence-electron chi connectivity index (χ1n) is 17.7. The van der Waals surface area contributed by atoms with Crippen molar-refractivity contribution in [1.82, 2.24) is 0 Å². The lowest BCUT2D eigenvalue weighted by Gasteiger charge is -2.17. The maximum atomic E-state index is 12.2. The second-order valence-corrected chi connectivity index (χ2v) is 12.0. The van der Waals surface area contributed by atoms with Crippen molar-refractivity contribution >= 4 is 11.9 Å². The van der Waals surface area contributed by atoms with E-state index in [9.17, 15) is 9.59 Å². The summed E-state index contributed by atoms with van der Waals surface area (Å²) in [6, 6.07) is 0. The Morgan fingerprint density at radius 3 is 0.950 bits per heavy atom. The van der Waals surface area contributed by atoms with Crippen LogP contribution < -0.4 is 5.73 Å². The van der Waals surface area contributed by atoms with Crippen molar-refractivity contribution < 1.29 is 19.1 Å². The molecule has 0 aliphatic carbocycles. The summed E-state index contributed by atoms with van der Waals surface area (Å²) >= 11 is 0. The number of hydrogen-bond acceptors (Lipinski definition) is 5. The number of carbonyl (C=O) groups excluding carboxylic acids is 2. The second kappa shape index (κ2) is 32.4. The van der Waals surface area contributed by atoms with E-state index in [1.54, 1.807) is 0 Å². The van der Waals surface area contributed by atoms with Crippen molar-refractivity contribution in [3.8, 4) is 0 Å². The van der Waals surface area contributed by atoms with Gasteiger partial charge in [0.05, 0.1) is 0 Å². The Kier molecular flexibility index (Phi) is 31.5. The summed E-state index contributed by atoms with van der Waals surface area (Å²) in [6.07, 6.45) is 33.4. The molecule has 0 atom stereocenters. The predicted octanol–water partition coefficient (Wildman–Crippen LogP) is 10.7. The van der Waals surface area contributed by atoms with E-state index in [-0.39, 0.29) is 11.9 Å². The van der Waals surface area contributed by atoms with Crippen LogP contribution in [0.25, 0.3) is 0 Å². The molecule has 0 bridgehead atoms. The first-order chi connectivity index (χ1) is 19.6. The molecule has 0 saturated carbocycles. The van der Waals surface area contributed by atoms with E-state index in [0.29, 0.717) is 25.8 Å². The van der Waals surface area contributed by atoms with Crippen molar-refractivity contribution in [3.63, 3.8) is 0 Å². The van der Waals surface area contributed by atoms with E-state index in [2.05, 4.69) is 13.8 Å². The Hall–Kier alpha value is -1.10. The first-order valence-corrected chi connectivity index (χ1v) is 17.7. The minimum atomic E-state index is -0.839. The van der Waals surface area contributed by atoms with Gasteiger partial charge < -0.3 is 15.2 Å². The van der Waals surface area contributed by atoms with Crippen LogP contribution >= 0.6 is 0 Å². The topological polar surface area (TPSA) is 78.6 Å². The van der Waals surface area contributed by atoms with Crippen LogP contribution in [0.5, 0.6) is 0 Å². The van der Waals surface area contributed by atoms with E-state index in [1.807, 2.05) is 0 Å².